The third-order valence-electron chi connectivity index (χ3n) is 4.31. The van der Waals surface area contributed by atoms with E-state index in [4.69, 9.17) is 9.47 Å². The molecule has 1 aromatic rings. The molecule has 0 amide bonds. The lowest BCUT2D eigenvalue weighted by Gasteiger charge is -2.41. The van der Waals surface area contributed by atoms with Crippen LogP contribution in [0.2, 0.25) is 0 Å². The summed E-state index contributed by atoms with van der Waals surface area (Å²) in [6.45, 7) is 5.17. The van der Waals surface area contributed by atoms with Gasteiger partial charge in [0.05, 0.1) is 31.8 Å². The van der Waals surface area contributed by atoms with Gasteiger partial charge in [-0.1, -0.05) is 17.7 Å². The maximum Gasteiger partial charge on any atom is 0.124 e. The van der Waals surface area contributed by atoms with Crippen LogP contribution in [-0.4, -0.2) is 38.1 Å². The number of nitrogens with one attached hydrogen (secondary N) is 1. The molecule has 0 aromatic heterocycles. The highest BCUT2D eigenvalue weighted by atomic mass is 16.5. The summed E-state index contributed by atoms with van der Waals surface area (Å²) < 4.78 is 11.1. The number of fused-ring (bicyclic) bond motifs is 1. The molecule has 4 heteroatoms. The third-order valence-corrected chi connectivity index (χ3v) is 4.31. The lowest BCUT2D eigenvalue weighted by Crippen LogP contribution is -2.52. The van der Waals surface area contributed by atoms with Gasteiger partial charge >= 0.3 is 0 Å². The SMILES string of the molecule is Cc1ccc2c(c1)C(NCC1(CO)COC1)CCCO2. The van der Waals surface area contributed by atoms with Crippen LogP contribution in [0.25, 0.3) is 0 Å². The first-order valence-electron chi connectivity index (χ1n) is 7.38. The van der Waals surface area contributed by atoms with E-state index in [2.05, 4.69) is 30.4 Å². The molecule has 1 aromatic carbocycles. The number of benzene rings is 1. The first-order valence-corrected chi connectivity index (χ1v) is 7.38. The van der Waals surface area contributed by atoms with Crippen LogP contribution in [0.4, 0.5) is 0 Å². The van der Waals surface area contributed by atoms with Gasteiger partial charge in [-0.3, -0.25) is 0 Å². The Morgan fingerprint density at radius 2 is 2.25 bits per heavy atom. The van der Waals surface area contributed by atoms with Crippen LogP contribution in [0.5, 0.6) is 5.75 Å². The molecule has 1 saturated heterocycles. The van der Waals surface area contributed by atoms with Crippen LogP contribution in [0, 0.1) is 12.3 Å². The van der Waals surface area contributed by atoms with Crippen LogP contribution in [0.15, 0.2) is 18.2 Å². The molecule has 1 unspecified atom stereocenters. The van der Waals surface area contributed by atoms with Crippen LogP contribution < -0.4 is 10.1 Å². The first-order chi connectivity index (χ1) is 9.72. The Hall–Kier alpha value is -1.10. The van der Waals surface area contributed by atoms with E-state index < -0.39 is 0 Å². The van der Waals surface area contributed by atoms with E-state index >= 15 is 0 Å². The molecule has 0 radical (unpaired) electrons. The second-order valence-electron chi connectivity index (χ2n) is 6.12. The summed E-state index contributed by atoms with van der Waals surface area (Å²) in [5, 5.41) is 13.1. The molecule has 3 rings (SSSR count). The van der Waals surface area contributed by atoms with E-state index in [1.54, 1.807) is 0 Å². The quantitative estimate of drug-likeness (QED) is 0.881. The normalized spacial score (nSPS) is 24.2. The number of hydrogen-bond donors (Lipinski definition) is 2. The molecule has 2 N–H and O–H groups in total. The predicted octanol–water partition coefficient (Wildman–Crippen LogP) is 1.81. The fourth-order valence-corrected chi connectivity index (χ4v) is 2.89. The van der Waals surface area contributed by atoms with Gasteiger partial charge in [-0.05, 0) is 25.8 Å². The topological polar surface area (TPSA) is 50.7 Å². The van der Waals surface area contributed by atoms with Gasteiger partial charge in [0.1, 0.15) is 5.75 Å². The standard InChI is InChI=1S/C16H23NO3/c1-12-4-5-15-13(7-12)14(3-2-6-20-15)17-8-16(9-18)10-19-11-16/h4-5,7,14,17-18H,2-3,6,8-11H2,1H3. The van der Waals surface area contributed by atoms with E-state index in [1.165, 1.54) is 11.1 Å². The molecule has 0 spiro atoms. The summed E-state index contributed by atoms with van der Waals surface area (Å²) in [4.78, 5) is 0. The van der Waals surface area contributed by atoms with Crippen molar-refractivity contribution >= 4 is 0 Å². The maximum absolute atomic E-state index is 9.52. The number of aryl methyl sites for hydroxylation is 1. The zero-order valence-electron chi connectivity index (χ0n) is 12.0. The van der Waals surface area contributed by atoms with Crippen molar-refractivity contribution in [2.24, 2.45) is 5.41 Å². The number of rotatable bonds is 4. The Morgan fingerprint density at radius 1 is 1.40 bits per heavy atom. The van der Waals surface area contributed by atoms with Gasteiger partial charge in [-0.15, -0.1) is 0 Å². The van der Waals surface area contributed by atoms with Crippen molar-refractivity contribution in [3.8, 4) is 5.75 Å². The molecule has 0 saturated carbocycles. The maximum atomic E-state index is 9.52. The highest BCUT2D eigenvalue weighted by molar-refractivity contribution is 5.39. The summed E-state index contributed by atoms with van der Waals surface area (Å²) in [6.07, 6.45) is 2.12. The van der Waals surface area contributed by atoms with E-state index in [0.717, 1.165) is 31.7 Å². The predicted molar refractivity (Wildman–Crippen MR) is 77.0 cm³/mol. The molecule has 4 nitrogen and oxygen atoms in total. The van der Waals surface area contributed by atoms with Crippen LogP contribution in [-0.2, 0) is 4.74 Å². The van der Waals surface area contributed by atoms with Crippen molar-refractivity contribution in [3.63, 3.8) is 0 Å². The lowest BCUT2D eigenvalue weighted by atomic mass is 9.86. The van der Waals surface area contributed by atoms with Gasteiger partial charge in [0, 0.05) is 18.2 Å². The van der Waals surface area contributed by atoms with Gasteiger partial charge in [0.15, 0.2) is 0 Å². The molecule has 2 aliphatic heterocycles. The summed E-state index contributed by atoms with van der Waals surface area (Å²) in [5.74, 6) is 0.994. The van der Waals surface area contributed by atoms with E-state index in [0.29, 0.717) is 19.3 Å². The van der Waals surface area contributed by atoms with Crippen molar-refractivity contribution < 1.29 is 14.6 Å². The Morgan fingerprint density at radius 3 is 2.95 bits per heavy atom. The minimum atomic E-state index is -0.0862. The average Bonchev–Trinajstić information content (AvgIpc) is 2.60. The monoisotopic (exact) mass is 277 g/mol. The summed E-state index contributed by atoms with van der Waals surface area (Å²) in [6, 6.07) is 6.67. The van der Waals surface area contributed by atoms with Crippen molar-refractivity contribution in [3.05, 3.63) is 29.3 Å². The molecule has 0 aliphatic carbocycles. The van der Waals surface area contributed by atoms with Crippen LogP contribution in [0.3, 0.4) is 0 Å². The zero-order chi connectivity index (χ0) is 14.0. The summed E-state index contributed by atoms with van der Waals surface area (Å²) in [5.41, 5.74) is 2.41. The van der Waals surface area contributed by atoms with Crippen molar-refractivity contribution in [2.45, 2.75) is 25.8 Å². The molecule has 1 atom stereocenters. The third kappa shape index (κ3) is 2.68. The van der Waals surface area contributed by atoms with Gasteiger partial charge in [-0.2, -0.15) is 0 Å². The van der Waals surface area contributed by atoms with Gasteiger partial charge < -0.3 is 19.9 Å². The lowest BCUT2D eigenvalue weighted by molar-refractivity contribution is -0.135. The Balaban J connectivity index is 1.74. The highest BCUT2D eigenvalue weighted by Gasteiger charge is 2.38. The smallest absolute Gasteiger partial charge is 0.124 e. The second kappa shape index (κ2) is 5.72. The van der Waals surface area contributed by atoms with E-state index in [1.807, 2.05) is 0 Å². The fourth-order valence-electron chi connectivity index (χ4n) is 2.89. The van der Waals surface area contributed by atoms with Crippen molar-refractivity contribution in [1.82, 2.24) is 5.32 Å². The van der Waals surface area contributed by atoms with E-state index in [9.17, 15) is 5.11 Å². The Labute approximate surface area is 120 Å². The van der Waals surface area contributed by atoms with Gasteiger partial charge in [0.2, 0.25) is 0 Å². The molecular weight excluding hydrogens is 254 g/mol. The molecule has 2 heterocycles. The highest BCUT2D eigenvalue weighted by Crippen LogP contribution is 2.34. The van der Waals surface area contributed by atoms with Gasteiger partial charge in [0.25, 0.3) is 0 Å². The molecule has 2 aliphatic rings. The number of ether oxygens (including phenoxy) is 2. The molecule has 110 valence electrons. The van der Waals surface area contributed by atoms with E-state index in [-0.39, 0.29) is 12.0 Å². The molecule has 1 fully saturated rings. The largest absolute Gasteiger partial charge is 0.493 e. The Bertz CT molecular complexity index is 465. The summed E-state index contributed by atoms with van der Waals surface area (Å²) >= 11 is 0. The first kappa shape index (κ1) is 13.9. The molecular formula is C16H23NO3. The zero-order valence-corrected chi connectivity index (χ0v) is 12.0. The number of aliphatic hydroxyl groups is 1. The minimum Gasteiger partial charge on any atom is -0.493 e. The van der Waals surface area contributed by atoms with Crippen LogP contribution in [0.1, 0.15) is 30.0 Å². The number of aliphatic hydroxyl groups excluding tert-OH is 1. The fraction of sp³-hybridized carbons (Fsp3) is 0.625. The molecule has 20 heavy (non-hydrogen) atoms. The Kier molecular flexibility index (Phi) is 3.96. The van der Waals surface area contributed by atoms with Crippen molar-refractivity contribution in [1.29, 1.82) is 0 Å². The number of hydrogen-bond acceptors (Lipinski definition) is 4. The van der Waals surface area contributed by atoms with Crippen LogP contribution >= 0.6 is 0 Å². The van der Waals surface area contributed by atoms with Crippen molar-refractivity contribution in [2.75, 3.05) is 33.0 Å². The van der Waals surface area contributed by atoms with Gasteiger partial charge in [-0.25, -0.2) is 0 Å². The summed E-state index contributed by atoms with van der Waals surface area (Å²) in [7, 11) is 0. The molecule has 0 bridgehead atoms. The average molecular weight is 277 g/mol. The minimum absolute atomic E-state index is 0.0862. The second-order valence-corrected chi connectivity index (χ2v) is 6.12.